The highest BCUT2D eigenvalue weighted by atomic mass is 16.4. The number of aromatic carboxylic acids is 1. The summed E-state index contributed by atoms with van der Waals surface area (Å²) >= 11 is 0. The molecule has 4 nitrogen and oxygen atoms in total. The van der Waals surface area contributed by atoms with Gasteiger partial charge in [-0.1, -0.05) is 50.2 Å². The highest BCUT2D eigenvalue weighted by molar-refractivity contribution is 5.87. The molecule has 0 saturated heterocycles. The van der Waals surface area contributed by atoms with Gasteiger partial charge in [-0.25, -0.2) is 4.79 Å². The van der Waals surface area contributed by atoms with Crippen molar-refractivity contribution in [3.63, 3.8) is 0 Å². The summed E-state index contributed by atoms with van der Waals surface area (Å²) in [5.41, 5.74) is 2.92. The van der Waals surface area contributed by atoms with Gasteiger partial charge in [0, 0.05) is 0 Å². The van der Waals surface area contributed by atoms with E-state index in [-0.39, 0.29) is 5.56 Å². The normalized spacial score (nSPS) is 12.1. The highest BCUT2D eigenvalue weighted by Gasteiger charge is 2.20. The minimum absolute atomic E-state index is 0.196. The number of carboxylic acids is 2. The van der Waals surface area contributed by atoms with Crippen molar-refractivity contribution >= 4 is 11.9 Å². The summed E-state index contributed by atoms with van der Waals surface area (Å²) in [5.74, 6) is -2.12. The molecule has 0 aliphatic carbocycles. The van der Waals surface area contributed by atoms with Gasteiger partial charge in [0.25, 0.3) is 0 Å². The molecular formula is C19H20O4. The van der Waals surface area contributed by atoms with Crippen LogP contribution in [0.2, 0.25) is 0 Å². The Morgan fingerprint density at radius 2 is 1.39 bits per heavy atom. The highest BCUT2D eigenvalue weighted by Crippen LogP contribution is 2.24. The van der Waals surface area contributed by atoms with Gasteiger partial charge in [-0.2, -0.15) is 0 Å². The van der Waals surface area contributed by atoms with Crippen LogP contribution in [0.1, 0.15) is 52.7 Å². The lowest BCUT2D eigenvalue weighted by Gasteiger charge is -2.14. The molecule has 0 aromatic heterocycles. The number of hydrogen-bond donors (Lipinski definition) is 2. The SMILES string of the molecule is CC(C)c1ccc(C(Cc2ccc(C(=O)O)cc2)C(=O)O)cc1. The van der Waals surface area contributed by atoms with Gasteiger partial charge in [-0.05, 0) is 41.2 Å². The molecular weight excluding hydrogens is 292 g/mol. The second-order valence-corrected chi connectivity index (χ2v) is 5.92. The molecule has 0 fully saturated rings. The van der Waals surface area contributed by atoms with Crippen molar-refractivity contribution < 1.29 is 19.8 Å². The van der Waals surface area contributed by atoms with Crippen LogP contribution in [0.15, 0.2) is 48.5 Å². The Morgan fingerprint density at radius 3 is 1.83 bits per heavy atom. The van der Waals surface area contributed by atoms with E-state index in [9.17, 15) is 14.7 Å². The molecule has 2 aromatic carbocycles. The third-order valence-corrected chi connectivity index (χ3v) is 3.94. The predicted octanol–water partition coefficient (Wildman–Crippen LogP) is 3.92. The number of aliphatic carboxylic acids is 1. The van der Waals surface area contributed by atoms with Crippen LogP contribution in [0, 0.1) is 0 Å². The lowest BCUT2D eigenvalue weighted by Crippen LogP contribution is -2.14. The minimum atomic E-state index is -0.990. The molecule has 1 unspecified atom stereocenters. The Morgan fingerprint density at radius 1 is 0.870 bits per heavy atom. The van der Waals surface area contributed by atoms with Crippen LogP contribution in [-0.2, 0) is 11.2 Å². The lowest BCUT2D eigenvalue weighted by atomic mass is 9.90. The number of benzene rings is 2. The molecule has 0 saturated carbocycles. The molecule has 0 radical (unpaired) electrons. The van der Waals surface area contributed by atoms with E-state index in [2.05, 4.69) is 13.8 Å². The fraction of sp³-hybridized carbons (Fsp3) is 0.263. The van der Waals surface area contributed by atoms with Crippen molar-refractivity contribution in [2.45, 2.75) is 32.1 Å². The van der Waals surface area contributed by atoms with Crippen LogP contribution in [0.5, 0.6) is 0 Å². The van der Waals surface area contributed by atoms with E-state index in [1.807, 2.05) is 24.3 Å². The first-order valence-corrected chi connectivity index (χ1v) is 7.53. The van der Waals surface area contributed by atoms with Crippen LogP contribution >= 0.6 is 0 Å². The maximum absolute atomic E-state index is 11.6. The zero-order valence-corrected chi connectivity index (χ0v) is 13.2. The third-order valence-electron chi connectivity index (χ3n) is 3.94. The van der Waals surface area contributed by atoms with Crippen molar-refractivity contribution in [1.82, 2.24) is 0 Å². The molecule has 0 bridgehead atoms. The summed E-state index contributed by atoms with van der Waals surface area (Å²) < 4.78 is 0. The van der Waals surface area contributed by atoms with Gasteiger partial charge < -0.3 is 10.2 Å². The predicted molar refractivity (Wildman–Crippen MR) is 88.0 cm³/mol. The van der Waals surface area contributed by atoms with E-state index < -0.39 is 17.9 Å². The van der Waals surface area contributed by atoms with E-state index in [0.717, 1.165) is 11.1 Å². The first kappa shape index (κ1) is 16.7. The maximum atomic E-state index is 11.6. The van der Waals surface area contributed by atoms with Crippen LogP contribution in [0.3, 0.4) is 0 Å². The minimum Gasteiger partial charge on any atom is -0.481 e. The molecule has 0 aliphatic heterocycles. The van der Waals surface area contributed by atoms with Gasteiger partial charge in [0.05, 0.1) is 11.5 Å². The summed E-state index contributed by atoms with van der Waals surface area (Å²) in [5, 5.41) is 18.4. The van der Waals surface area contributed by atoms with E-state index in [1.165, 1.54) is 17.7 Å². The Bertz CT molecular complexity index is 684. The fourth-order valence-corrected chi connectivity index (χ4v) is 2.48. The van der Waals surface area contributed by atoms with Crippen LogP contribution < -0.4 is 0 Å². The summed E-state index contributed by atoms with van der Waals surface area (Å²) in [6, 6.07) is 14.0. The standard InChI is InChI=1S/C19H20O4/c1-12(2)14-7-9-15(10-8-14)17(19(22)23)11-13-3-5-16(6-4-13)18(20)21/h3-10,12,17H,11H2,1-2H3,(H,20,21)(H,22,23). The van der Waals surface area contributed by atoms with Crippen molar-refractivity contribution in [2.24, 2.45) is 0 Å². The molecule has 23 heavy (non-hydrogen) atoms. The Hall–Kier alpha value is -2.62. The average molecular weight is 312 g/mol. The van der Waals surface area contributed by atoms with Crippen LogP contribution in [-0.4, -0.2) is 22.2 Å². The third kappa shape index (κ3) is 4.19. The van der Waals surface area contributed by atoms with Gasteiger partial charge >= 0.3 is 11.9 Å². The van der Waals surface area contributed by atoms with Gasteiger partial charge in [-0.15, -0.1) is 0 Å². The smallest absolute Gasteiger partial charge is 0.335 e. The van der Waals surface area contributed by atoms with E-state index in [0.29, 0.717) is 12.3 Å². The molecule has 2 rings (SSSR count). The zero-order chi connectivity index (χ0) is 17.0. The monoisotopic (exact) mass is 312 g/mol. The van der Waals surface area contributed by atoms with Gasteiger partial charge in [0.1, 0.15) is 0 Å². The summed E-state index contributed by atoms with van der Waals surface area (Å²) in [7, 11) is 0. The molecule has 4 heteroatoms. The molecule has 0 spiro atoms. The second kappa shape index (κ2) is 7.09. The van der Waals surface area contributed by atoms with E-state index in [4.69, 9.17) is 5.11 Å². The zero-order valence-electron chi connectivity index (χ0n) is 13.2. The summed E-state index contributed by atoms with van der Waals surface area (Å²) in [6.45, 7) is 4.18. The Balaban J connectivity index is 2.21. The first-order valence-electron chi connectivity index (χ1n) is 7.53. The van der Waals surface area contributed by atoms with Crippen molar-refractivity contribution in [1.29, 1.82) is 0 Å². The molecule has 1 atom stereocenters. The van der Waals surface area contributed by atoms with Crippen molar-refractivity contribution in [3.05, 3.63) is 70.8 Å². The Labute approximate surface area is 135 Å². The lowest BCUT2D eigenvalue weighted by molar-refractivity contribution is -0.138. The molecule has 0 amide bonds. The number of rotatable bonds is 6. The number of carboxylic acid groups (broad SMARTS) is 2. The average Bonchev–Trinajstić information content (AvgIpc) is 2.53. The van der Waals surface area contributed by atoms with Crippen LogP contribution in [0.25, 0.3) is 0 Å². The van der Waals surface area contributed by atoms with Gasteiger partial charge in [0.2, 0.25) is 0 Å². The molecule has 120 valence electrons. The summed E-state index contributed by atoms with van der Waals surface area (Å²) in [4.78, 5) is 22.5. The maximum Gasteiger partial charge on any atom is 0.335 e. The molecule has 2 N–H and O–H groups in total. The van der Waals surface area contributed by atoms with Crippen molar-refractivity contribution in [3.8, 4) is 0 Å². The molecule has 0 aliphatic rings. The quantitative estimate of drug-likeness (QED) is 0.847. The van der Waals surface area contributed by atoms with Gasteiger partial charge in [-0.3, -0.25) is 4.79 Å². The van der Waals surface area contributed by atoms with E-state index >= 15 is 0 Å². The molecule has 0 heterocycles. The molecule has 2 aromatic rings. The van der Waals surface area contributed by atoms with Gasteiger partial charge in [0.15, 0.2) is 0 Å². The van der Waals surface area contributed by atoms with Crippen molar-refractivity contribution in [2.75, 3.05) is 0 Å². The Kier molecular flexibility index (Phi) is 5.16. The van der Waals surface area contributed by atoms with Crippen LogP contribution in [0.4, 0.5) is 0 Å². The first-order chi connectivity index (χ1) is 10.9. The number of carbonyl (C=O) groups is 2. The second-order valence-electron chi connectivity index (χ2n) is 5.92. The largest absolute Gasteiger partial charge is 0.481 e. The summed E-state index contributed by atoms with van der Waals surface area (Å²) in [6.07, 6.45) is 0.330. The van der Waals surface area contributed by atoms with E-state index in [1.54, 1.807) is 12.1 Å². The topological polar surface area (TPSA) is 74.6 Å². The number of hydrogen-bond acceptors (Lipinski definition) is 2. The fourth-order valence-electron chi connectivity index (χ4n) is 2.48.